The van der Waals surface area contributed by atoms with Crippen molar-refractivity contribution in [1.29, 1.82) is 0 Å². The van der Waals surface area contributed by atoms with Crippen LogP contribution >= 0.6 is 0 Å². The van der Waals surface area contributed by atoms with Gasteiger partial charge in [0, 0.05) is 13.1 Å². The molecule has 0 bridgehead atoms. The van der Waals surface area contributed by atoms with Crippen molar-refractivity contribution >= 4 is 5.91 Å². The maximum absolute atomic E-state index is 12.4. The molecule has 1 saturated heterocycles. The van der Waals surface area contributed by atoms with Crippen LogP contribution in [0.2, 0.25) is 0 Å². The number of carbonyl (C=O) groups excluding carboxylic acids is 1. The zero-order valence-corrected chi connectivity index (χ0v) is 14.5. The van der Waals surface area contributed by atoms with E-state index in [0.29, 0.717) is 12.3 Å². The van der Waals surface area contributed by atoms with E-state index in [-0.39, 0.29) is 11.8 Å². The molecule has 0 spiro atoms. The Morgan fingerprint density at radius 1 is 1.28 bits per heavy atom. The number of nitrogens with zero attached hydrogens (tertiary/aromatic N) is 1. The normalized spacial score (nSPS) is 18.2. The van der Waals surface area contributed by atoms with Gasteiger partial charge in [0.2, 0.25) is 5.91 Å². The van der Waals surface area contributed by atoms with Crippen LogP contribution in [0.25, 0.3) is 0 Å². The lowest BCUT2D eigenvalue weighted by Crippen LogP contribution is -2.42. The molecule has 1 fully saturated rings. The van der Waals surface area contributed by atoms with Gasteiger partial charge in [-0.05, 0) is 56.0 Å². The second-order valence-electron chi connectivity index (χ2n) is 6.68. The molecule has 3 rings (SSSR count). The predicted octanol–water partition coefficient (Wildman–Crippen LogP) is 2.95. The van der Waals surface area contributed by atoms with Crippen LogP contribution in [0.5, 0.6) is 5.75 Å². The largest absolute Gasteiger partial charge is 0.508 e. The SMILES string of the molecule is O=C(NCCCc1ccccc1O)[C@H]1CCCN(Cc2ccco2)C1. The molecule has 1 amide bonds. The number of likely N-dealkylation sites (tertiary alicyclic amines) is 1. The molecule has 2 aromatic rings. The van der Waals surface area contributed by atoms with E-state index in [2.05, 4.69) is 10.2 Å². The van der Waals surface area contributed by atoms with Crippen LogP contribution in [0.3, 0.4) is 0 Å². The first-order chi connectivity index (χ1) is 12.2. The zero-order valence-electron chi connectivity index (χ0n) is 14.5. The number of aryl methyl sites for hydroxylation is 1. The number of carbonyl (C=O) groups is 1. The second-order valence-corrected chi connectivity index (χ2v) is 6.68. The Kier molecular flexibility index (Phi) is 6.12. The number of phenolic OH excluding ortho intramolecular Hbond substituents is 1. The molecule has 1 aliphatic rings. The second kappa shape index (κ2) is 8.72. The number of phenols is 1. The Bertz CT molecular complexity index is 669. The van der Waals surface area contributed by atoms with Crippen molar-refractivity contribution in [2.45, 2.75) is 32.2 Å². The summed E-state index contributed by atoms with van der Waals surface area (Å²) in [4.78, 5) is 14.7. The standard InChI is InChI=1S/C20H26N2O3/c23-19-10-2-1-6-16(19)7-3-11-21-20(24)17-8-4-12-22(14-17)15-18-9-5-13-25-18/h1-2,5-6,9-10,13,17,23H,3-4,7-8,11-12,14-15H2,(H,21,24)/t17-/m0/s1. The van der Waals surface area contributed by atoms with Crippen LogP contribution < -0.4 is 5.32 Å². The molecule has 25 heavy (non-hydrogen) atoms. The Morgan fingerprint density at radius 2 is 2.16 bits per heavy atom. The molecule has 1 aromatic carbocycles. The van der Waals surface area contributed by atoms with Gasteiger partial charge >= 0.3 is 0 Å². The highest BCUT2D eigenvalue weighted by Crippen LogP contribution is 2.19. The molecule has 0 radical (unpaired) electrons. The van der Waals surface area contributed by atoms with E-state index in [1.54, 1.807) is 12.3 Å². The van der Waals surface area contributed by atoms with Crippen LogP contribution in [0.15, 0.2) is 47.1 Å². The van der Waals surface area contributed by atoms with Crippen LogP contribution in [0.4, 0.5) is 0 Å². The summed E-state index contributed by atoms with van der Waals surface area (Å²) in [5.41, 5.74) is 0.930. The van der Waals surface area contributed by atoms with Crippen LogP contribution in [0.1, 0.15) is 30.6 Å². The fourth-order valence-corrected chi connectivity index (χ4v) is 3.39. The highest BCUT2D eigenvalue weighted by molar-refractivity contribution is 5.78. The van der Waals surface area contributed by atoms with Gasteiger partial charge in [-0.2, -0.15) is 0 Å². The minimum Gasteiger partial charge on any atom is -0.508 e. The average molecular weight is 342 g/mol. The van der Waals surface area contributed by atoms with Crippen molar-refractivity contribution < 1.29 is 14.3 Å². The Labute approximate surface area is 148 Å². The maximum atomic E-state index is 12.4. The van der Waals surface area contributed by atoms with Crippen molar-refractivity contribution in [3.63, 3.8) is 0 Å². The van der Waals surface area contributed by atoms with Gasteiger partial charge in [-0.25, -0.2) is 0 Å². The van der Waals surface area contributed by atoms with Gasteiger partial charge in [0.15, 0.2) is 0 Å². The fourth-order valence-electron chi connectivity index (χ4n) is 3.39. The molecule has 5 heteroatoms. The number of amides is 1. The number of hydrogen-bond acceptors (Lipinski definition) is 4. The molecule has 1 aliphatic heterocycles. The molecule has 2 heterocycles. The molecular weight excluding hydrogens is 316 g/mol. The molecular formula is C20H26N2O3. The summed E-state index contributed by atoms with van der Waals surface area (Å²) in [6, 6.07) is 11.2. The van der Waals surface area contributed by atoms with Crippen molar-refractivity contribution in [3.05, 3.63) is 54.0 Å². The van der Waals surface area contributed by atoms with Crippen molar-refractivity contribution in [3.8, 4) is 5.75 Å². The third kappa shape index (κ3) is 5.10. The van der Waals surface area contributed by atoms with Crippen molar-refractivity contribution in [2.24, 2.45) is 5.92 Å². The molecule has 1 atom stereocenters. The summed E-state index contributed by atoms with van der Waals surface area (Å²) in [6.45, 7) is 3.20. The van der Waals surface area contributed by atoms with Crippen LogP contribution in [0, 0.1) is 5.92 Å². The fraction of sp³-hybridized carbons (Fsp3) is 0.450. The van der Waals surface area contributed by atoms with E-state index < -0.39 is 0 Å². The third-order valence-electron chi connectivity index (χ3n) is 4.75. The monoisotopic (exact) mass is 342 g/mol. The number of aromatic hydroxyl groups is 1. The first kappa shape index (κ1) is 17.5. The van der Waals surface area contributed by atoms with Gasteiger partial charge < -0.3 is 14.8 Å². The van der Waals surface area contributed by atoms with Crippen molar-refractivity contribution in [1.82, 2.24) is 10.2 Å². The van der Waals surface area contributed by atoms with Crippen LogP contribution in [-0.2, 0) is 17.8 Å². The Morgan fingerprint density at radius 3 is 2.96 bits per heavy atom. The Hall–Kier alpha value is -2.27. The van der Waals surface area contributed by atoms with Gasteiger partial charge in [-0.3, -0.25) is 9.69 Å². The number of nitrogens with one attached hydrogen (secondary N) is 1. The third-order valence-corrected chi connectivity index (χ3v) is 4.75. The van der Waals surface area contributed by atoms with E-state index in [9.17, 15) is 9.90 Å². The number of benzene rings is 1. The average Bonchev–Trinajstić information content (AvgIpc) is 3.13. The molecule has 0 aliphatic carbocycles. The first-order valence-corrected chi connectivity index (χ1v) is 9.01. The number of piperidine rings is 1. The number of para-hydroxylation sites is 1. The smallest absolute Gasteiger partial charge is 0.224 e. The zero-order chi connectivity index (χ0) is 17.5. The summed E-state index contributed by atoms with van der Waals surface area (Å²) in [5.74, 6) is 1.47. The van der Waals surface area contributed by atoms with E-state index in [4.69, 9.17) is 4.42 Å². The Balaban J connectivity index is 1.39. The van der Waals surface area contributed by atoms with E-state index in [1.165, 1.54) is 0 Å². The summed E-state index contributed by atoms with van der Waals surface area (Å²) in [7, 11) is 0. The maximum Gasteiger partial charge on any atom is 0.224 e. The summed E-state index contributed by atoms with van der Waals surface area (Å²) >= 11 is 0. The molecule has 0 unspecified atom stereocenters. The minimum atomic E-state index is 0.0499. The van der Waals surface area contributed by atoms with E-state index in [0.717, 1.165) is 56.6 Å². The summed E-state index contributed by atoms with van der Waals surface area (Å²) < 4.78 is 5.40. The first-order valence-electron chi connectivity index (χ1n) is 9.01. The lowest BCUT2D eigenvalue weighted by molar-refractivity contribution is -0.126. The molecule has 5 nitrogen and oxygen atoms in total. The lowest BCUT2D eigenvalue weighted by Gasteiger charge is -2.31. The van der Waals surface area contributed by atoms with Gasteiger partial charge in [0.05, 0.1) is 18.7 Å². The predicted molar refractivity (Wildman–Crippen MR) is 96.1 cm³/mol. The summed E-state index contributed by atoms with van der Waals surface area (Å²) in [5, 5.41) is 12.8. The van der Waals surface area contributed by atoms with Gasteiger partial charge in [0.25, 0.3) is 0 Å². The molecule has 1 aromatic heterocycles. The number of hydrogen-bond donors (Lipinski definition) is 2. The van der Waals surface area contributed by atoms with Gasteiger partial charge in [-0.15, -0.1) is 0 Å². The molecule has 134 valence electrons. The highest BCUT2D eigenvalue weighted by atomic mass is 16.3. The quantitative estimate of drug-likeness (QED) is 0.759. The van der Waals surface area contributed by atoms with E-state index >= 15 is 0 Å². The number of rotatable bonds is 7. The summed E-state index contributed by atoms with van der Waals surface area (Å²) in [6.07, 6.45) is 5.26. The molecule has 2 N–H and O–H groups in total. The van der Waals surface area contributed by atoms with Gasteiger partial charge in [-0.1, -0.05) is 18.2 Å². The lowest BCUT2D eigenvalue weighted by atomic mass is 9.97. The molecule has 0 saturated carbocycles. The topological polar surface area (TPSA) is 65.7 Å². The minimum absolute atomic E-state index is 0.0499. The van der Waals surface area contributed by atoms with E-state index in [1.807, 2.05) is 30.3 Å². The van der Waals surface area contributed by atoms with Crippen molar-refractivity contribution in [2.75, 3.05) is 19.6 Å². The van der Waals surface area contributed by atoms with Gasteiger partial charge in [0.1, 0.15) is 11.5 Å². The number of furan rings is 1. The van der Waals surface area contributed by atoms with Crippen LogP contribution in [-0.4, -0.2) is 35.5 Å². The highest BCUT2D eigenvalue weighted by Gasteiger charge is 2.25.